The van der Waals surface area contributed by atoms with Gasteiger partial charge in [0.1, 0.15) is 46.7 Å². The van der Waals surface area contributed by atoms with Crippen molar-refractivity contribution in [3.05, 3.63) is 117 Å². The van der Waals surface area contributed by atoms with Crippen LogP contribution in [0, 0.1) is 12.3 Å². The van der Waals surface area contributed by atoms with Crippen molar-refractivity contribution in [2.45, 2.75) is 84.6 Å². The molecular formula is C56H68F3N9O9S2. The Hall–Kier alpha value is -6.31. The van der Waals surface area contributed by atoms with Gasteiger partial charge in [-0.15, -0.1) is 22.7 Å². The molecule has 4 amide bonds. The maximum Gasteiger partial charge on any atom is 0.416 e. The number of halogens is 3. The summed E-state index contributed by atoms with van der Waals surface area (Å²) in [6.07, 6.45) is -4.77. The number of imidazole rings is 1. The maximum absolute atomic E-state index is 14.0. The number of thiazole rings is 1. The fourth-order valence-corrected chi connectivity index (χ4v) is 11.4. The summed E-state index contributed by atoms with van der Waals surface area (Å²) in [5, 5.41) is 16.9. The number of likely N-dealkylation sites (tertiary alicyclic amines) is 1. The third-order valence-electron chi connectivity index (χ3n) is 13.9. The SMILES string of the molecule is Cc1ncsc1-c1ccc(CNC(=O)[C@@H]2C[C@@H](O)CN2C(=O)C(NC(=O)COCCOCCOCCN2CCN(Cc3ccc4ncn(-c5cc(OC(C)c6ccccc6C(F)(F)F)c(C(N)=O)s5)c4c3)CC2)C(C)(C)C)cc1. The molecule has 6 aromatic rings. The monoisotopic (exact) mass is 1130 g/mol. The molecule has 18 nitrogen and oxygen atoms in total. The molecular weight excluding hydrogens is 1060 g/mol. The predicted molar refractivity (Wildman–Crippen MR) is 294 cm³/mol. The standard InChI is InChI=1S/C56H68F3N9O9S2/c1-35-49(78-34-63-35)39-13-10-37(11-14-39)29-61-53(72)45-27-40(69)31-67(45)54(73)51(55(3,4)5)64-47(70)32-76-25-24-75-23-22-74-21-20-65-16-18-66(19-17-65)30-38-12-15-43-44(26-38)68(33-62-43)48-28-46(50(79-48)52(60)71)77-36(2)41-8-6-7-9-42(41)56(57,58)59/h6-15,26,28,33-34,36,40,45,51,69H,16-25,27,29-32H2,1-5H3,(H2,60,71)(H,61,72)(H,64,70)/t36?,40-,45+,51?/m1/s1. The Bertz CT molecular complexity index is 3040. The molecule has 0 radical (unpaired) electrons. The van der Waals surface area contributed by atoms with Crippen LogP contribution in [0.3, 0.4) is 0 Å². The van der Waals surface area contributed by atoms with E-state index in [1.165, 1.54) is 30.0 Å². The van der Waals surface area contributed by atoms with Crippen LogP contribution in [0.15, 0.2) is 84.6 Å². The van der Waals surface area contributed by atoms with Crippen molar-refractivity contribution in [1.82, 2.24) is 39.9 Å². The van der Waals surface area contributed by atoms with Gasteiger partial charge in [-0.2, -0.15) is 13.2 Å². The third kappa shape index (κ3) is 15.3. The number of aryl methyl sites for hydroxylation is 1. The number of aromatic nitrogens is 3. The second-order valence-corrected chi connectivity index (χ2v) is 22.6. The molecule has 4 atom stereocenters. The van der Waals surface area contributed by atoms with E-state index in [1.54, 1.807) is 29.2 Å². The normalized spacial score (nSPS) is 17.3. The fourth-order valence-electron chi connectivity index (χ4n) is 9.64. The molecule has 2 saturated heterocycles. The van der Waals surface area contributed by atoms with E-state index in [0.717, 1.165) is 88.4 Å². The first-order chi connectivity index (χ1) is 37.7. The zero-order valence-corrected chi connectivity index (χ0v) is 46.6. The quantitative estimate of drug-likeness (QED) is 0.0462. The zero-order valence-electron chi connectivity index (χ0n) is 44.9. The van der Waals surface area contributed by atoms with E-state index in [9.17, 15) is 37.5 Å². The van der Waals surface area contributed by atoms with Crippen molar-refractivity contribution >= 4 is 57.3 Å². The molecule has 5 N–H and O–H groups in total. The molecule has 0 saturated carbocycles. The molecule has 2 fully saturated rings. The highest BCUT2D eigenvalue weighted by atomic mass is 32.1. The Kier molecular flexibility index (Phi) is 19.6. The van der Waals surface area contributed by atoms with Crippen molar-refractivity contribution in [2.24, 2.45) is 11.1 Å². The number of ether oxygens (including phenoxy) is 4. The molecule has 3 aromatic heterocycles. The number of hydrogen-bond acceptors (Lipinski definition) is 15. The van der Waals surface area contributed by atoms with Gasteiger partial charge in [0.15, 0.2) is 0 Å². The van der Waals surface area contributed by atoms with Crippen LogP contribution in [0.25, 0.3) is 26.5 Å². The van der Waals surface area contributed by atoms with Crippen LogP contribution in [0.1, 0.15) is 77.8 Å². The lowest BCUT2D eigenvalue weighted by Crippen LogP contribution is -2.58. The molecule has 5 heterocycles. The maximum atomic E-state index is 14.0. The summed E-state index contributed by atoms with van der Waals surface area (Å²) in [6.45, 7) is 15.4. The van der Waals surface area contributed by atoms with E-state index >= 15 is 0 Å². The van der Waals surface area contributed by atoms with Crippen molar-refractivity contribution in [3.8, 4) is 21.2 Å². The van der Waals surface area contributed by atoms with Gasteiger partial charge in [0.05, 0.1) is 71.8 Å². The van der Waals surface area contributed by atoms with Crippen LogP contribution < -0.4 is 21.1 Å². The zero-order chi connectivity index (χ0) is 56.4. The molecule has 2 aliphatic heterocycles. The highest BCUT2D eigenvalue weighted by Crippen LogP contribution is 2.40. The van der Waals surface area contributed by atoms with E-state index < -0.39 is 59.2 Å². The van der Waals surface area contributed by atoms with Crippen LogP contribution in [0.2, 0.25) is 0 Å². The Balaban J connectivity index is 0.704. The molecule has 8 rings (SSSR count). The lowest BCUT2D eigenvalue weighted by atomic mass is 9.85. The molecule has 3 aromatic carbocycles. The number of carbonyl (C=O) groups is 4. The minimum absolute atomic E-state index is 0.0291. The number of rotatable bonds is 24. The van der Waals surface area contributed by atoms with Crippen LogP contribution in [-0.2, 0) is 47.9 Å². The van der Waals surface area contributed by atoms with Gasteiger partial charge in [0, 0.05) is 70.4 Å². The van der Waals surface area contributed by atoms with Gasteiger partial charge in [-0.05, 0) is 54.2 Å². The summed E-state index contributed by atoms with van der Waals surface area (Å²) in [7, 11) is 0. The molecule has 0 bridgehead atoms. The molecule has 2 aliphatic rings. The molecule has 424 valence electrons. The summed E-state index contributed by atoms with van der Waals surface area (Å²) in [6, 6.07) is 18.8. The first kappa shape index (κ1) is 58.8. The smallest absolute Gasteiger partial charge is 0.416 e. The first-order valence-electron chi connectivity index (χ1n) is 26.2. The van der Waals surface area contributed by atoms with Gasteiger partial charge in [-0.3, -0.25) is 33.5 Å². The van der Waals surface area contributed by atoms with Crippen LogP contribution in [-0.4, -0.2) is 155 Å². The van der Waals surface area contributed by atoms with Gasteiger partial charge in [0.25, 0.3) is 5.91 Å². The number of nitrogens with zero attached hydrogens (tertiary/aromatic N) is 6. The van der Waals surface area contributed by atoms with Gasteiger partial charge in [-0.25, -0.2) is 9.97 Å². The Morgan fingerprint density at radius 2 is 1.56 bits per heavy atom. The van der Waals surface area contributed by atoms with Crippen molar-refractivity contribution < 1.29 is 56.4 Å². The van der Waals surface area contributed by atoms with E-state index in [4.69, 9.17) is 24.7 Å². The molecule has 2 unspecified atom stereocenters. The fraction of sp³-hybridized carbons (Fsp3) is 0.464. The molecule has 23 heteroatoms. The number of piperazine rings is 1. The lowest BCUT2D eigenvalue weighted by molar-refractivity contribution is -0.144. The number of nitrogens with one attached hydrogen (secondary N) is 2. The second kappa shape index (κ2) is 26.3. The summed E-state index contributed by atoms with van der Waals surface area (Å²) in [5.74, 6) is -1.99. The average molecular weight is 1130 g/mol. The minimum Gasteiger partial charge on any atom is -0.484 e. The average Bonchev–Trinajstić information content (AvgIpc) is 4.35. The number of aliphatic hydroxyl groups is 1. The van der Waals surface area contributed by atoms with Crippen LogP contribution >= 0.6 is 22.7 Å². The number of hydrogen-bond donors (Lipinski definition) is 4. The number of benzene rings is 3. The van der Waals surface area contributed by atoms with Crippen molar-refractivity contribution in [2.75, 3.05) is 78.9 Å². The predicted octanol–water partition coefficient (Wildman–Crippen LogP) is 6.75. The van der Waals surface area contributed by atoms with Gasteiger partial charge < -0.3 is 45.3 Å². The van der Waals surface area contributed by atoms with E-state index in [1.807, 2.05) is 74.7 Å². The number of aliphatic hydroxyl groups excluding tert-OH is 1. The van der Waals surface area contributed by atoms with Crippen molar-refractivity contribution in [1.29, 1.82) is 0 Å². The largest absolute Gasteiger partial charge is 0.484 e. The van der Waals surface area contributed by atoms with Crippen molar-refractivity contribution in [3.63, 3.8) is 0 Å². The second-order valence-electron chi connectivity index (χ2n) is 20.8. The Morgan fingerprint density at radius 1 is 0.873 bits per heavy atom. The third-order valence-corrected chi connectivity index (χ3v) is 16.0. The van der Waals surface area contributed by atoms with E-state index in [2.05, 4.69) is 30.4 Å². The number of carbonyl (C=O) groups excluding carboxylic acids is 4. The number of alkyl halides is 3. The van der Waals surface area contributed by atoms with Crippen LogP contribution in [0.4, 0.5) is 13.2 Å². The summed E-state index contributed by atoms with van der Waals surface area (Å²) in [5.41, 5.74) is 11.4. The summed E-state index contributed by atoms with van der Waals surface area (Å²) >= 11 is 2.64. The molecule has 0 aliphatic carbocycles. The summed E-state index contributed by atoms with van der Waals surface area (Å²) < 4.78 is 66.2. The van der Waals surface area contributed by atoms with Gasteiger partial charge >= 0.3 is 6.18 Å². The van der Waals surface area contributed by atoms with E-state index in [0.29, 0.717) is 31.4 Å². The molecule has 79 heavy (non-hydrogen) atoms. The van der Waals surface area contributed by atoms with Gasteiger partial charge in [0.2, 0.25) is 17.7 Å². The van der Waals surface area contributed by atoms with Crippen LogP contribution in [0.5, 0.6) is 5.75 Å². The highest BCUT2D eigenvalue weighted by molar-refractivity contribution is 7.16. The number of fused-ring (bicyclic) bond motifs is 1. The Morgan fingerprint density at radius 3 is 2.24 bits per heavy atom. The number of nitrogens with two attached hydrogens (primary N) is 1. The van der Waals surface area contributed by atoms with Gasteiger partial charge in [-0.1, -0.05) is 69.3 Å². The minimum atomic E-state index is -4.58. The highest BCUT2D eigenvalue weighted by Gasteiger charge is 2.44. The topological polar surface area (TPSA) is 216 Å². The Labute approximate surface area is 465 Å². The molecule has 0 spiro atoms. The number of thiophene rings is 1. The first-order valence-corrected chi connectivity index (χ1v) is 27.9. The van der Waals surface area contributed by atoms with E-state index in [-0.39, 0.29) is 61.4 Å². The number of β-amino-alcohol motifs (C(OH)–C–C–N with tert-alkyl or cyclic N) is 1. The number of primary amides is 1. The summed E-state index contributed by atoms with van der Waals surface area (Å²) in [4.78, 5) is 69.1. The number of amides is 4. The lowest BCUT2D eigenvalue weighted by Gasteiger charge is -2.35.